The van der Waals surface area contributed by atoms with Crippen LogP contribution in [0.2, 0.25) is 0 Å². The summed E-state index contributed by atoms with van der Waals surface area (Å²) in [6.07, 6.45) is 3.25. The topological polar surface area (TPSA) is 57.0 Å². The maximum Gasteiger partial charge on any atom is 0.360 e. The maximum atomic E-state index is 11.9. The molecule has 0 amide bonds. The number of esters is 1. The Morgan fingerprint density at radius 1 is 1.42 bits per heavy atom. The van der Waals surface area contributed by atoms with Crippen molar-refractivity contribution in [3.63, 3.8) is 0 Å². The maximum absolute atomic E-state index is 11.9. The molecular weight excluding hydrogens is 242 g/mol. The largest absolute Gasteiger partial charge is 0.461 e. The molecule has 0 bridgehead atoms. The highest BCUT2D eigenvalue weighted by molar-refractivity contribution is 5.88. The van der Waals surface area contributed by atoms with E-state index >= 15 is 0 Å². The van der Waals surface area contributed by atoms with E-state index in [0.717, 1.165) is 31.5 Å². The molecule has 5 nitrogen and oxygen atoms in total. The van der Waals surface area contributed by atoms with Crippen LogP contribution in [0.5, 0.6) is 0 Å². The van der Waals surface area contributed by atoms with E-state index in [2.05, 4.69) is 31.1 Å². The molecule has 1 heterocycles. The first-order chi connectivity index (χ1) is 8.92. The molecule has 1 saturated carbocycles. The molecule has 1 fully saturated rings. The van der Waals surface area contributed by atoms with Crippen LogP contribution in [0.25, 0.3) is 0 Å². The van der Waals surface area contributed by atoms with Gasteiger partial charge in [-0.2, -0.15) is 0 Å². The van der Waals surface area contributed by atoms with Gasteiger partial charge in [0.05, 0.1) is 12.3 Å². The molecule has 0 aliphatic heterocycles. The highest BCUT2D eigenvalue weighted by Gasteiger charge is 2.34. The van der Waals surface area contributed by atoms with Crippen LogP contribution >= 0.6 is 0 Å². The van der Waals surface area contributed by atoms with Crippen molar-refractivity contribution < 1.29 is 9.53 Å². The van der Waals surface area contributed by atoms with Crippen molar-refractivity contribution in [3.8, 4) is 0 Å². The number of hydrogen-bond donors (Lipinski definition) is 0. The predicted octanol–water partition coefficient (Wildman–Crippen LogP) is 2.77. The van der Waals surface area contributed by atoms with Gasteiger partial charge in [0.2, 0.25) is 0 Å². The summed E-state index contributed by atoms with van der Waals surface area (Å²) < 4.78 is 6.95. The van der Waals surface area contributed by atoms with Crippen molar-refractivity contribution in [2.45, 2.75) is 59.4 Å². The smallest absolute Gasteiger partial charge is 0.360 e. The Hall–Kier alpha value is -1.39. The van der Waals surface area contributed by atoms with E-state index in [1.807, 2.05) is 4.68 Å². The van der Waals surface area contributed by atoms with Gasteiger partial charge in [0.25, 0.3) is 0 Å². The summed E-state index contributed by atoms with van der Waals surface area (Å²) in [6.45, 7) is 9.59. The van der Waals surface area contributed by atoms with E-state index in [4.69, 9.17) is 4.74 Å². The lowest BCUT2D eigenvalue weighted by Gasteiger charge is -2.18. The van der Waals surface area contributed by atoms with Crippen LogP contribution < -0.4 is 0 Å². The lowest BCUT2D eigenvalue weighted by Crippen LogP contribution is -2.14. The summed E-state index contributed by atoms with van der Waals surface area (Å²) in [7, 11) is 0. The van der Waals surface area contributed by atoms with Crippen LogP contribution in [-0.2, 0) is 11.3 Å². The van der Waals surface area contributed by atoms with Crippen molar-refractivity contribution in [2.75, 3.05) is 6.61 Å². The molecule has 5 heteroatoms. The average Bonchev–Trinajstić information content (AvgIpc) is 3.05. The third-order valence-electron chi connectivity index (χ3n) is 3.28. The summed E-state index contributed by atoms with van der Waals surface area (Å²) in [5.74, 6) is 0.0979. The summed E-state index contributed by atoms with van der Waals surface area (Å²) in [5, 5.41) is 8.18. The molecule has 0 unspecified atom stereocenters. The normalized spacial score (nSPS) is 15.6. The monoisotopic (exact) mass is 265 g/mol. The van der Waals surface area contributed by atoms with Gasteiger partial charge < -0.3 is 4.74 Å². The third kappa shape index (κ3) is 3.55. The zero-order chi connectivity index (χ0) is 14.0. The van der Waals surface area contributed by atoms with E-state index in [-0.39, 0.29) is 11.4 Å². The Kier molecular flexibility index (Phi) is 3.92. The fourth-order valence-electron chi connectivity index (χ4n) is 2.03. The second-order valence-corrected chi connectivity index (χ2v) is 6.35. The molecule has 19 heavy (non-hydrogen) atoms. The Morgan fingerprint density at radius 2 is 2.11 bits per heavy atom. The van der Waals surface area contributed by atoms with Crippen LogP contribution in [0, 0.1) is 5.41 Å². The van der Waals surface area contributed by atoms with E-state index in [9.17, 15) is 4.79 Å². The van der Waals surface area contributed by atoms with Gasteiger partial charge in [-0.05, 0) is 31.6 Å². The molecule has 0 radical (unpaired) electrons. The van der Waals surface area contributed by atoms with Gasteiger partial charge in [-0.1, -0.05) is 26.0 Å². The van der Waals surface area contributed by atoms with E-state index in [1.165, 1.54) is 0 Å². The van der Waals surface area contributed by atoms with Crippen molar-refractivity contribution in [1.82, 2.24) is 15.0 Å². The van der Waals surface area contributed by atoms with Gasteiger partial charge in [-0.15, -0.1) is 5.10 Å². The van der Waals surface area contributed by atoms with Crippen LogP contribution in [0.4, 0.5) is 0 Å². The molecule has 0 atom stereocenters. The average molecular weight is 265 g/mol. The van der Waals surface area contributed by atoms with Gasteiger partial charge in [0.1, 0.15) is 0 Å². The molecule has 0 N–H and O–H groups in total. The van der Waals surface area contributed by atoms with Crippen LogP contribution in [-0.4, -0.2) is 27.6 Å². The zero-order valence-corrected chi connectivity index (χ0v) is 12.3. The standard InChI is InChI=1S/C14H23N3O2/c1-5-19-13(18)11-12(10-6-7-10)17(16-15-11)9-8-14(2,3)4/h10H,5-9H2,1-4H3. The van der Waals surface area contributed by atoms with Gasteiger partial charge in [-0.3, -0.25) is 0 Å². The number of rotatable bonds is 5. The molecule has 106 valence electrons. The Bertz CT molecular complexity index is 456. The fourth-order valence-corrected chi connectivity index (χ4v) is 2.03. The Labute approximate surface area is 114 Å². The number of hydrogen-bond acceptors (Lipinski definition) is 4. The first kappa shape index (κ1) is 14.0. The van der Waals surface area contributed by atoms with Crippen LogP contribution in [0.15, 0.2) is 0 Å². The zero-order valence-electron chi connectivity index (χ0n) is 12.3. The molecule has 1 aromatic heterocycles. The minimum absolute atomic E-state index is 0.247. The predicted molar refractivity (Wildman–Crippen MR) is 72.0 cm³/mol. The van der Waals surface area contributed by atoms with Gasteiger partial charge >= 0.3 is 5.97 Å². The molecule has 1 aliphatic carbocycles. The van der Waals surface area contributed by atoms with Crippen molar-refractivity contribution >= 4 is 5.97 Å². The summed E-state index contributed by atoms with van der Waals surface area (Å²) in [5.41, 5.74) is 1.64. The van der Waals surface area contributed by atoms with Crippen molar-refractivity contribution in [1.29, 1.82) is 0 Å². The molecule has 1 aliphatic rings. The lowest BCUT2D eigenvalue weighted by atomic mass is 9.92. The molecular formula is C14H23N3O2. The first-order valence-electron chi connectivity index (χ1n) is 7.03. The van der Waals surface area contributed by atoms with E-state index in [0.29, 0.717) is 18.2 Å². The van der Waals surface area contributed by atoms with Crippen molar-refractivity contribution in [2.24, 2.45) is 5.41 Å². The van der Waals surface area contributed by atoms with Crippen LogP contribution in [0.3, 0.4) is 0 Å². The molecule has 0 saturated heterocycles. The summed E-state index contributed by atoms with van der Waals surface area (Å²) >= 11 is 0. The quantitative estimate of drug-likeness (QED) is 0.768. The first-order valence-corrected chi connectivity index (χ1v) is 7.03. The Morgan fingerprint density at radius 3 is 2.63 bits per heavy atom. The number of nitrogens with zero attached hydrogens (tertiary/aromatic N) is 3. The molecule has 2 rings (SSSR count). The van der Waals surface area contributed by atoms with Gasteiger partial charge in [0, 0.05) is 12.5 Å². The van der Waals surface area contributed by atoms with E-state index < -0.39 is 0 Å². The minimum atomic E-state index is -0.341. The molecule has 0 aromatic carbocycles. The van der Waals surface area contributed by atoms with E-state index in [1.54, 1.807) is 6.92 Å². The fraction of sp³-hybridized carbons (Fsp3) is 0.786. The molecule has 1 aromatic rings. The highest BCUT2D eigenvalue weighted by atomic mass is 16.5. The highest BCUT2D eigenvalue weighted by Crippen LogP contribution is 2.41. The number of carbonyl (C=O) groups is 1. The third-order valence-corrected chi connectivity index (χ3v) is 3.28. The second kappa shape index (κ2) is 5.31. The number of aromatic nitrogens is 3. The Balaban J connectivity index is 2.17. The molecule has 0 spiro atoms. The summed E-state index contributed by atoms with van der Waals surface area (Å²) in [6, 6.07) is 0. The number of aryl methyl sites for hydroxylation is 1. The number of carbonyl (C=O) groups excluding carboxylic acids is 1. The van der Waals surface area contributed by atoms with Gasteiger partial charge in [0.15, 0.2) is 5.69 Å². The SMILES string of the molecule is CCOC(=O)c1nnn(CCC(C)(C)C)c1C1CC1. The van der Waals surface area contributed by atoms with Crippen LogP contribution in [0.1, 0.15) is 69.1 Å². The summed E-state index contributed by atoms with van der Waals surface area (Å²) in [4.78, 5) is 11.9. The van der Waals surface area contributed by atoms with Crippen molar-refractivity contribution in [3.05, 3.63) is 11.4 Å². The van der Waals surface area contributed by atoms with Gasteiger partial charge in [-0.25, -0.2) is 9.48 Å². The number of ether oxygens (including phenoxy) is 1. The lowest BCUT2D eigenvalue weighted by molar-refractivity contribution is 0.0518. The minimum Gasteiger partial charge on any atom is -0.461 e. The second-order valence-electron chi connectivity index (χ2n) is 6.35.